The van der Waals surface area contributed by atoms with Crippen molar-refractivity contribution in [1.29, 1.82) is 0 Å². The van der Waals surface area contributed by atoms with Crippen LogP contribution in [-0.4, -0.2) is 49.3 Å². The van der Waals surface area contributed by atoms with E-state index >= 15 is 0 Å². The Morgan fingerprint density at radius 3 is 2.71 bits per heavy atom. The van der Waals surface area contributed by atoms with E-state index in [4.69, 9.17) is 4.74 Å². The molecule has 0 saturated carbocycles. The maximum atomic E-state index is 12.0. The van der Waals surface area contributed by atoms with Gasteiger partial charge in [-0.2, -0.15) is 0 Å². The number of ether oxygens (including phenoxy) is 1. The molecular weight excluding hydrogens is 286 g/mol. The number of methoxy groups -OCH3 is 1. The number of hydrogen-bond donors (Lipinski definition) is 2. The van der Waals surface area contributed by atoms with E-state index in [-0.39, 0.29) is 0 Å². The fourth-order valence-corrected chi connectivity index (χ4v) is 2.74. The van der Waals surface area contributed by atoms with Gasteiger partial charge < -0.3 is 15.4 Å². The van der Waals surface area contributed by atoms with Gasteiger partial charge in [0.15, 0.2) is 5.96 Å². The van der Waals surface area contributed by atoms with Crippen molar-refractivity contribution in [2.24, 2.45) is 4.99 Å². The second kappa shape index (κ2) is 11.3. The van der Waals surface area contributed by atoms with Crippen LogP contribution in [0.3, 0.4) is 0 Å². The maximum absolute atomic E-state index is 12.0. The highest BCUT2D eigenvalue weighted by Gasteiger charge is 2.02. The highest BCUT2D eigenvalue weighted by Crippen LogP contribution is 2.02. The Morgan fingerprint density at radius 1 is 1.29 bits per heavy atom. The van der Waals surface area contributed by atoms with E-state index in [0.717, 1.165) is 18.1 Å². The zero-order valence-electron chi connectivity index (χ0n) is 12.8. The molecule has 1 aromatic carbocycles. The number of nitrogens with zero attached hydrogens (tertiary/aromatic N) is 1. The smallest absolute Gasteiger partial charge is 0.191 e. The zero-order valence-corrected chi connectivity index (χ0v) is 13.6. The Labute approximate surface area is 129 Å². The molecule has 0 heterocycles. The molecule has 21 heavy (non-hydrogen) atoms. The molecule has 0 spiro atoms. The number of nitrogens with one attached hydrogen (secondary N) is 2. The number of guanidine groups is 1. The molecule has 1 aromatic rings. The maximum Gasteiger partial charge on any atom is 0.191 e. The number of rotatable bonds is 9. The summed E-state index contributed by atoms with van der Waals surface area (Å²) in [5, 5.41) is 6.34. The summed E-state index contributed by atoms with van der Waals surface area (Å²) in [7, 11) is 0.787. The van der Waals surface area contributed by atoms with Gasteiger partial charge in [0, 0.05) is 42.5 Å². The van der Waals surface area contributed by atoms with Crippen LogP contribution in [0.4, 0.5) is 0 Å². The fourth-order valence-electron chi connectivity index (χ4n) is 1.71. The van der Waals surface area contributed by atoms with E-state index in [1.165, 1.54) is 0 Å². The predicted molar refractivity (Wildman–Crippen MR) is 89.0 cm³/mol. The summed E-state index contributed by atoms with van der Waals surface area (Å²) in [5.41, 5.74) is 1.11. The van der Waals surface area contributed by atoms with Crippen LogP contribution in [-0.2, 0) is 21.3 Å². The van der Waals surface area contributed by atoms with Crippen molar-refractivity contribution < 1.29 is 8.95 Å². The summed E-state index contributed by atoms with van der Waals surface area (Å²) in [5.74, 6) is 1.94. The molecule has 1 unspecified atom stereocenters. The van der Waals surface area contributed by atoms with Gasteiger partial charge >= 0.3 is 0 Å². The van der Waals surface area contributed by atoms with Gasteiger partial charge in [-0.3, -0.25) is 9.20 Å². The van der Waals surface area contributed by atoms with Crippen LogP contribution in [0.2, 0.25) is 0 Å². The first-order valence-corrected chi connectivity index (χ1v) is 8.65. The van der Waals surface area contributed by atoms with Crippen LogP contribution in [0, 0.1) is 0 Å². The Kier molecular flexibility index (Phi) is 9.48. The van der Waals surface area contributed by atoms with E-state index < -0.39 is 10.8 Å². The summed E-state index contributed by atoms with van der Waals surface area (Å²) in [6.07, 6.45) is 0. The largest absolute Gasteiger partial charge is 0.383 e. The van der Waals surface area contributed by atoms with Crippen molar-refractivity contribution in [3.05, 3.63) is 35.9 Å². The van der Waals surface area contributed by atoms with Crippen LogP contribution in [0.5, 0.6) is 0 Å². The van der Waals surface area contributed by atoms with Crippen molar-refractivity contribution in [2.75, 3.05) is 39.1 Å². The third-order valence-corrected chi connectivity index (χ3v) is 4.02. The molecular formula is C15H25N3O2S. The lowest BCUT2D eigenvalue weighted by molar-refractivity contribution is 0.208. The van der Waals surface area contributed by atoms with Crippen LogP contribution in [0.15, 0.2) is 35.3 Å². The standard InChI is InChI=1S/C15H25N3O2S/c1-3-16-15(17-9-11-20-2)18-10-12-21(19)13-14-7-5-4-6-8-14/h4-8H,3,9-13H2,1-2H3,(H2,16,17,18). The van der Waals surface area contributed by atoms with Gasteiger partial charge in [-0.25, -0.2) is 0 Å². The van der Waals surface area contributed by atoms with Crippen LogP contribution in [0.1, 0.15) is 12.5 Å². The lowest BCUT2D eigenvalue weighted by atomic mass is 10.2. The molecule has 1 atom stereocenters. The van der Waals surface area contributed by atoms with Crippen molar-refractivity contribution in [3.8, 4) is 0 Å². The molecule has 0 radical (unpaired) electrons. The lowest BCUT2D eigenvalue weighted by Crippen LogP contribution is -2.39. The van der Waals surface area contributed by atoms with Crippen LogP contribution in [0.25, 0.3) is 0 Å². The molecule has 0 aliphatic rings. The predicted octanol–water partition coefficient (Wildman–Crippen LogP) is 1.14. The van der Waals surface area contributed by atoms with Crippen molar-refractivity contribution >= 4 is 16.8 Å². The Hall–Kier alpha value is -1.40. The number of benzene rings is 1. The van der Waals surface area contributed by atoms with E-state index in [1.807, 2.05) is 37.3 Å². The number of hydrogen-bond acceptors (Lipinski definition) is 3. The molecule has 0 aliphatic carbocycles. The normalized spacial score (nSPS) is 13.0. The summed E-state index contributed by atoms with van der Waals surface area (Å²) < 4.78 is 17.0. The molecule has 6 heteroatoms. The first-order chi connectivity index (χ1) is 10.3. The van der Waals surface area contributed by atoms with Gasteiger partial charge in [-0.15, -0.1) is 0 Å². The molecule has 0 aliphatic heterocycles. The van der Waals surface area contributed by atoms with Crippen LogP contribution >= 0.6 is 0 Å². The molecule has 118 valence electrons. The third-order valence-electron chi connectivity index (χ3n) is 2.70. The minimum Gasteiger partial charge on any atom is -0.383 e. The molecule has 0 amide bonds. The topological polar surface area (TPSA) is 62.7 Å². The highest BCUT2D eigenvalue weighted by molar-refractivity contribution is 7.84. The highest BCUT2D eigenvalue weighted by atomic mass is 32.2. The summed E-state index contributed by atoms with van der Waals surface area (Å²) in [6, 6.07) is 9.91. The van der Waals surface area contributed by atoms with E-state index in [1.54, 1.807) is 7.11 Å². The molecule has 5 nitrogen and oxygen atoms in total. The van der Waals surface area contributed by atoms with Gasteiger partial charge in [-0.1, -0.05) is 30.3 Å². The zero-order chi connectivity index (χ0) is 15.3. The second-order valence-corrected chi connectivity index (χ2v) is 6.03. The van der Waals surface area contributed by atoms with Gasteiger partial charge in [-0.05, 0) is 12.5 Å². The molecule has 0 bridgehead atoms. The quantitative estimate of drug-likeness (QED) is 0.408. The van der Waals surface area contributed by atoms with Crippen LogP contribution < -0.4 is 10.6 Å². The minimum absolute atomic E-state index is 0.594. The van der Waals surface area contributed by atoms with E-state index in [0.29, 0.717) is 31.2 Å². The molecule has 0 aromatic heterocycles. The Morgan fingerprint density at radius 2 is 2.05 bits per heavy atom. The second-order valence-electron chi connectivity index (χ2n) is 4.45. The molecule has 2 N–H and O–H groups in total. The van der Waals surface area contributed by atoms with Crippen molar-refractivity contribution in [1.82, 2.24) is 10.6 Å². The molecule has 0 fully saturated rings. The van der Waals surface area contributed by atoms with Gasteiger partial charge in [0.1, 0.15) is 0 Å². The van der Waals surface area contributed by atoms with Gasteiger partial charge in [0.2, 0.25) is 0 Å². The van der Waals surface area contributed by atoms with Crippen molar-refractivity contribution in [3.63, 3.8) is 0 Å². The first kappa shape index (κ1) is 17.7. The average molecular weight is 311 g/mol. The minimum atomic E-state index is -0.869. The average Bonchev–Trinajstić information content (AvgIpc) is 2.48. The monoisotopic (exact) mass is 311 g/mol. The Bertz CT molecular complexity index is 438. The first-order valence-electron chi connectivity index (χ1n) is 7.16. The fraction of sp³-hybridized carbons (Fsp3) is 0.533. The lowest BCUT2D eigenvalue weighted by Gasteiger charge is -2.11. The molecule has 0 saturated heterocycles. The van der Waals surface area contributed by atoms with E-state index in [9.17, 15) is 4.21 Å². The summed E-state index contributed by atoms with van der Waals surface area (Å²) in [4.78, 5) is 4.35. The SMILES string of the molecule is CCNC(=NCCOC)NCCS(=O)Cc1ccccc1. The van der Waals surface area contributed by atoms with Crippen molar-refractivity contribution in [2.45, 2.75) is 12.7 Å². The number of aliphatic imine (C=N–C) groups is 1. The summed E-state index contributed by atoms with van der Waals surface area (Å²) in [6.45, 7) is 4.65. The van der Waals surface area contributed by atoms with Gasteiger partial charge in [0.05, 0.1) is 13.2 Å². The Balaban J connectivity index is 2.29. The summed E-state index contributed by atoms with van der Waals surface area (Å²) >= 11 is 0. The van der Waals surface area contributed by atoms with E-state index in [2.05, 4.69) is 15.6 Å². The third kappa shape index (κ3) is 8.47. The molecule has 1 rings (SSSR count). The van der Waals surface area contributed by atoms with Gasteiger partial charge in [0.25, 0.3) is 0 Å².